The average molecular weight is 298 g/mol. The summed E-state index contributed by atoms with van der Waals surface area (Å²) >= 11 is 0. The number of aromatic nitrogens is 1. The fourth-order valence-electron chi connectivity index (χ4n) is 3.63. The maximum atomic E-state index is 12.3. The smallest absolute Gasteiger partial charge is 0.241 e. The highest BCUT2D eigenvalue weighted by Crippen LogP contribution is 2.20. The van der Waals surface area contributed by atoms with Gasteiger partial charge in [0.05, 0.1) is 0 Å². The van der Waals surface area contributed by atoms with Gasteiger partial charge in [0, 0.05) is 57.5 Å². The first kappa shape index (κ1) is 13.8. The number of H-pyrrole nitrogens is 1. The van der Waals surface area contributed by atoms with E-state index in [4.69, 9.17) is 0 Å². The number of piperazine rings is 2. The maximum absolute atomic E-state index is 12.3. The Kier molecular flexibility index (Phi) is 3.39. The molecular formula is C17H22N4O. The third kappa shape index (κ3) is 2.40. The van der Waals surface area contributed by atoms with Crippen LogP contribution in [0.4, 0.5) is 0 Å². The molecule has 1 amide bonds. The molecule has 2 saturated heterocycles. The molecule has 0 aliphatic carbocycles. The molecule has 0 bridgehead atoms. The Hall–Kier alpha value is -1.85. The normalized spacial score (nSPS) is 24.0. The summed E-state index contributed by atoms with van der Waals surface area (Å²) in [5.74, 6) is 0.271. The van der Waals surface area contributed by atoms with E-state index in [0.717, 1.165) is 39.3 Å². The zero-order valence-corrected chi connectivity index (χ0v) is 13.0. The van der Waals surface area contributed by atoms with E-state index in [1.807, 2.05) is 11.9 Å². The number of rotatable bonds is 2. The lowest BCUT2D eigenvalue weighted by molar-refractivity contribution is -0.143. The van der Waals surface area contributed by atoms with E-state index in [2.05, 4.69) is 45.1 Å². The van der Waals surface area contributed by atoms with Crippen molar-refractivity contribution in [1.29, 1.82) is 0 Å². The monoisotopic (exact) mass is 298 g/mol. The Morgan fingerprint density at radius 3 is 2.86 bits per heavy atom. The van der Waals surface area contributed by atoms with E-state index < -0.39 is 0 Å². The Morgan fingerprint density at radius 2 is 2.00 bits per heavy atom. The summed E-state index contributed by atoms with van der Waals surface area (Å²) in [6.07, 6.45) is 0. The van der Waals surface area contributed by atoms with Gasteiger partial charge in [-0.15, -0.1) is 0 Å². The van der Waals surface area contributed by atoms with Crippen LogP contribution in [0.3, 0.4) is 0 Å². The van der Waals surface area contributed by atoms with E-state index in [9.17, 15) is 4.79 Å². The molecule has 2 aromatic rings. The van der Waals surface area contributed by atoms with Crippen molar-refractivity contribution < 1.29 is 4.79 Å². The van der Waals surface area contributed by atoms with Gasteiger partial charge in [-0.1, -0.05) is 18.2 Å². The van der Waals surface area contributed by atoms with Crippen LogP contribution in [0.2, 0.25) is 0 Å². The first-order valence-electron chi connectivity index (χ1n) is 7.99. The molecule has 4 rings (SSSR count). The Balaban J connectivity index is 1.48. The summed E-state index contributed by atoms with van der Waals surface area (Å²) in [4.78, 5) is 22.4. The number of hydrogen-bond donors (Lipinski definition) is 1. The Labute approximate surface area is 130 Å². The molecule has 5 heteroatoms. The van der Waals surface area contributed by atoms with Crippen LogP contribution in [-0.4, -0.2) is 71.4 Å². The molecule has 2 aliphatic heterocycles. The number of nitrogens with one attached hydrogen (secondary N) is 1. The number of carbonyl (C=O) groups is 1. The first-order valence-corrected chi connectivity index (χ1v) is 7.99. The van der Waals surface area contributed by atoms with Crippen molar-refractivity contribution in [2.75, 3.05) is 39.8 Å². The lowest BCUT2D eigenvalue weighted by Crippen LogP contribution is -2.63. The third-order valence-corrected chi connectivity index (χ3v) is 4.94. The molecule has 3 heterocycles. The largest absolute Gasteiger partial charge is 0.357 e. The fourth-order valence-corrected chi connectivity index (χ4v) is 3.63. The standard InChI is InChI=1S/C17H22N4O/c1-19-6-8-21-9-7-20(12-16(21)17(19)22)11-14-10-13-4-2-3-5-15(13)18-14/h2-5,10,16,18H,6-9,11-12H2,1H3/t16-/m0/s1. The van der Waals surface area contributed by atoms with Crippen LogP contribution in [0.15, 0.2) is 30.3 Å². The number of fused-ring (bicyclic) bond motifs is 2. The molecule has 0 spiro atoms. The number of benzene rings is 1. The van der Waals surface area contributed by atoms with Crippen LogP contribution in [0.1, 0.15) is 5.69 Å². The van der Waals surface area contributed by atoms with E-state index >= 15 is 0 Å². The van der Waals surface area contributed by atoms with Gasteiger partial charge >= 0.3 is 0 Å². The molecule has 22 heavy (non-hydrogen) atoms. The minimum atomic E-state index is 0.0388. The lowest BCUT2D eigenvalue weighted by atomic mass is 10.1. The van der Waals surface area contributed by atoms with Gasteiger partial charge in [0.1, 0.15) is 6.04 Å². The summed E-state index contributed by atoms with van der Waals surface area (Å²) in [6.45, 7) is 5.60. The zero-order valence-electron chi connectivity index (χ0n) is 13.0. The predicted molar refractivity (Wildman–Crippen MR) is 86.6 cm³/mol. The summed E-state index contributed by atoms with van der Waals surface area (Å²) < 4.78 is 0. The van der Waals surface area contributed by atoms with Crippen LogP contribution in [0, 0.1) is 0 Å². The zero-order chi connectivity index (χ0) is 15.1. The highest BCUT2D eigenvalue weighted by atomic mass is 16.2. The second-order valence-electron chi connectivity index (χ2n) is 6.43. The molecule has 1 atom stereocenters. The van der Waals surface area contributed by atoms with Crippen molar-refractivity contribution in [3.63, 3.8) is 0 Å². The van der Waals surface area contributed by atoms with Gasteiger partial charge < -0.3 is 9.88 Å². The summed E-state index contributed by atoms with van der Waals surface area (Å²) in [5.41, 5.74) is 2.41. The van der Waals surface area contributed by atoms with E-state index in [-0.39, 0.29) is 11.9 Å². The fraction of sp³-hybridized carbons (Fsp3) is 0.471. The number of para-hydroxylation sites is 1. The molecule has 2 fully saturated rings. The van der Waals surface area contributed by atoms with Gasteiger partial charge in [0.2, 0.25) is 5.91 Å². The second-order valence-corrected chi connectivity index (χ2v) is 6.43. The third-order valence-electron chi connectivity index (χ3n) is 4.94. The molecular weight excluding hydrogens is 276 g/mol. The molecule has 0 saturated carbocycles. The second kappa shape index (κ2) is 5.41. The number of aromatic amines is 1. The van der Waals surface area contributed by atoms with Gasteiger partial charge in [-0.3, -0.25) is 14.6 Å². The van der Waals surface area contributed by atoms with Crippen molar-refractivity contribution in [3.05, 3.63) is 36.0 Å². The molecule has 116 valence electrons. The molecule has 5 nitrogen and oxygen atoms in total. The van der Waals surface area contributed by atoms with Crippen molar-refractivity contribution in [3.8, 4) is 0 Å². The van der Waals surface area contributed by atoms with Crippen molar-refractivity contribution in [2.45, 2.75) is 12.6 Å². The van der Waals surface area contributed by atoms with Crippen molar-refractivity contribution in [1.82, 2.24) is 19.7 Å². The Morgan fingerprint density at radius 1 is 1.18 bits per heavy atom. The average Bonchev–Trinajstić information content (AvgIpc) is 2.93. The van der Waals surface area contributed by atoms with Gasteiger partial charge in [0.25, 0.3) is 0 Å². The maximum Gasteiger partial charge on any atom is 0.241 e. The van der Waals surface area contributed by atoms with Gasteiger partial charge in [-0.2, -0.15) is 0 Å². The minimum Gasteiger partial charge on any atom is -0.357 e. The number of hydrogen-bond acceptors (Lipinski definition) is 3. The van der Waals surface area contributed by atoms with Gasteiger partial charge in [-0.25, -0.2) is 0 Å². The van der Waals surface area contributed by atoms with Gasteiger partial charge in [0.15, 0.2) is 0 Å². The van der Waals surface area contributed by atoms with Crippen molar-refractivity contribution in [2.24, 2.45) is 0 Å². The van der Waals surface area contributed by atoms with Crippen LogP contribution < -0.4 is 0 Å². The number of amides is 1. The molecule has 0 radical (unpaired) electrons. The molecule has 1 N–H and O–H groups in total. The van der Waals surface area contributed by atoms with Crippen LogP contribution in [-0.2, 0) is 11.3 Å². The lowest BCUT2D eigenvalue weighted by Gasteiger charge is -2.45. The molecule has 0 unspecified atom stereocenters. The van der Waals surface area contributed by atoms with E-state index in [1.54, 1.807) is 0 Å². The van der Waals surface area contributed by atoms with Gasteiger partial charge in [-0.05, 0) is 17.5 Å². The number of nitrogens with zero attached hydrogens (tertiary/aromatic N) is 3. The number of likely N-dealkylation sites (N-methyl/N-ethyl adjacent to an activating group) is 1. The quantitative estimate of drug-likeness (QED) is 0.904. The predicted octanol–water partition coefficient (Wildman–Crippen LogP) is 1.13. The highest BCUT2D eigenvalue weighted by Gasteiger charge is 2.37. The minimum absolute atomic E-state index is 0.0388. The van der Waals surface area contributed by atoms with E-state index in [0.29, 0.717) is 0 Å². The molecule has 1 aromatic heterocycles. The topological polar surface area (TPSA) is 42.6 Å². The highest BCUT2D eigenvalue weighted by molar-refractivity contribution is 5.83. The Bertz CT molecular complexity index is 662. The summed E-state index contributed by atoms with van der Waals surface area (Å²) in [5, 5.41) is 1.25. The van der Waals surface area contributed by atoms with Crippen LogP contribution in [0.25, 0.3) is 10.9 Å². The van der Waals surface area contributed by atoms with Crippen LogP contribution in [0.5, 0.6) is 0 Å². The SMILES string of the molecule is CN1CCN2CCN(Cc3cc4ccccc4[nH]3)C[C@H]2C1=O. The van der Waals surface area contributed by atoms with Crippen LogP contribution >= 0.6 is 0 Å². The molecule has 2 aliphatic rings. The summed E-state index contributed by atoms with van der Waals surface area (Å²) in [7, 11) is 1.91. The summed E-state index contributed by atoms with van der Waals surface area (Å²) in [6, 6.07) is 10.6. The molecule has 1 aromatic carbocycles. The van der Waals surface area contributed by atoms with Crippen molar-refractivity contribution >= 4 is 16.8 Å². The first-order chi connectivity index (χ1) is 10.7. The number of carbonyl (C=O) groups excluding carboxylic acids is 1. The van der Waals surface area contributed by atoms with E-state index in [1.165, 1.54) is 16.6 Å².